The molecule has 0 aliphatic carbocycles. The molecule has 0 heterocycles. The second-order valence-electron chi connectivity index (χ2n) is 4.82. The predicted octanol–water partition coefficient (Wildman–Crippen LogP) is -0.109. The van der Waals surface area contributed by atoms with Gasteiger partial charge in [0.25, 0.3) is 0 Å². The van der Waals surface area contributed by atoms with Crippen molar-refractivity contribution in [3.63, 3.8) is 0 Å². The Balaban J connectivity index is 3.37. The van der Waals surface area contributed by atoms with Crippen LogP contribution in [-0.2, 0) is 14.3 Å². The zero-order valence-electron chi connectivity index (χ0n) is 12.3. The van der Waals surface area contributed by atoms with Crippen molar-refractivity contribution in [1.82, 2.24) is 16.0 Å². The molecule has 0 aromatic rings. The predicted molar refractivity (Wildman–Crippen MR) is 74.8 cm³/mol. The van der Waals surface area contributed by atoms with Crippen LogP contribution in [-0.4, -0.2) is 51.7 Å². The van der Waals surface area contributed by atoms with E-state index in [1.54, 1.807) is 7.11 Å². The van der Waals surface area contributed by atoms with Crippen LogP contribution in [0.2, 0.25) is 0 Å². The molecule has 0 aromatic carbocycles. The second kappa shape index (κ2) is 11.9. The van der Waals surface area contributed by atoms with Crippen LogP contribution in [0.15, 0.2) is 0 Å². The first-order valence-corrected chi connectivity index (χ1v) is 6.79. The first kappa shape index (κ1) is 17.9. The number of ether oxygens (including phenoxy) is 1. The Hall–Kier alpha value is -1.14. The van der Waals surface area contributed by atoms with E-state index in [1.807, 2.05) is 13.8 Å². The van der Waals surface area contributed by atoms with Gasteiger partial charge in [0.05, 0.1) is 6.54 Å². The number of methoxy groups -OCH3 is 1. The summed E-state index contributed by atoms with van der Waals surface area (Å²) in [5.41, 5.74) is 0. The lowest BCUT2D eigenvalue weighted by atomic mass is 10.2. The summed E-state index contributed by atoms with van der Waals surface area (Å²) in [5.74, 6) is 0.412. The Labute approximate surface area is 115 Å². The first-order chi connectivity index (χ1) is 9.06. The number of carbonyl (C=O) groups excluding carboxylic acids is 2. The maximum absolute atomic E-state index is 11.4. The van der Waals surface area contributed by atoms with Gasteiger partial charge in [0, 0.05) is 39.8 Å². The lowest BCUT2D eigenvalue weighted by Crippen LogP contribution is -2.36. The number of nitrogens with one attached hydrogen (secondary N) is 3. The minimum atomic E-state index is -0.0568. The summed E-state index contributed by atoms with van der Waals surface area (Å²) in [6.07, 6.45) is 1.20. The molecule has 0 radical (unpaired) electrons. The third kappa shape index (κ3) is 13.1. The third-order valence-corrected chi connectivity index (χ3v) is 2.37. The lowest BCUT2D eigenvalue weighted by Gasteiger charge is -2.08. The van der Waals surface area contributed by atoms with Gasteiger partial charge in [0.15, 0.2) is 0 Å². The molecular formula is C13H27N3O3. The van der Waals surface area contributed by atoms with Gasteiger partial charge in [-0.05, 0) is 12.3 Å². The molecule has 19 heavy (non-hydrogen) atoms. The highest BCUT2D eigenvalue weighted by Crippen LogP contribution is 1.87. The molecule has 0 rings (SSSR count). The molecule has 2 amide bonds. The standard InChI is InChI=1S/C13H27N3O3/c1-11(2)9-16-12(17)5-7-14-10-13(18)15-6-4-8-19-3/h11,14H,4-10H2,1-3H3,(H,15,18)(H,16,17). The van der Waals surface area contributed by atoms with E-state index in [0.29, 0.717) is 38.6 Å². The normalized spacial score (nSPS) is 10.5. The van der Waals surface area contributed by atoms with E-state index in [0.717, 1.165) is 6.42 Å². The van der Waals surface area contributed by atoms with Crippen molar-refractivity contribution >= 4 is 11.8 Å². The Morgan fingerprint density at radius 3 is 2.47 bits per heavy atom. The second-order valence-corrected chi connectivity index (χ2v) is 4.82. The molecule has 0 atom stereocenters. The van der Waals surface area contributed by atoms with Gasteiger partial charge in [-0.3, -0.25) is 9.59 Å². The molecule has 3 N–H and O–H groups in total. The molecule has 0 saturated heterocycles. The first-order valence-electron chi connectivity index (χ1n) is 6.79. The molecular weight excluding hydrogens is 246 g/mol. The molecule has 6 nitrogen and oxygen atoms in total. The molecule has 0 aliphatic rings. The zero-order valence-corrected chi connectivity index (χ0v) is 12.3. The van der Waals surface area contributed by atoms with Crippen LogP contribution in [0.25, 0.3) is 0 Å². The largest absolute Gasteiger partial charge is 0.385 e. The Kier molecular flexibility index (Phi) is 11.2. The average Bonchev–Trinajstić information content (AvgIpc) is 2.37. The van der Waals surface area contributed by atoms with Gasteiger partial charge < -0.3 is 20.7 Å². The Morgan fingerprint density at radius 1 is 1.11 bits per heavy atom. The minimum absolute atomic E-state index is 0.0155. The van der Waals surface area contributed by atoms with E-state index in [-0.39, 0.29) is 18.4 Å². The van der Waals surface area contributed by atoms with Crippen LogP contribution < -0.4 is 16.0 Å². The van der Waals surface area contributed by atoms with E-state index < -0.39 is 0 Å². The smallest absolute Gasteiger partial charge is 0.233 e. The molecule has 0 saturated carbocycles. The van der Waals surface area contributed by atoms with Crippen molar-refractivity contribution in [3.05, 3.63) is 0 Å². The van der Waals surface area contributed by atoms with Crippen molar-refractivity contribution in [2.75, 3.05) is 39.9 Å². The van der Waals surface area contributed by atoms with Crippen LogP contribution in [0.1, 0.15) is 26.7 Å². The van der Waals surface area contributed by atoms with E-state index >= 15 is 0 Å². The molecule has 0 fully saturated rings. The fourth-order valence-electron chi connectivity index (χ4n) is 1.32. The summed E-state index contributed by atoms with van der Waals surface area (Å²) >= 11 is 0. The zero-order chi connectivity index (χ0) is 14.5. The highest BCUT2D eigenvalue weighted by molar-refractivity contribution is 5.78. The van der Waals surface area contributed by atoms with Crippen LogP contribution >= 0.6 is 0 Å². The van der Waals surface area contributed by atoms with Crippen LogP contribution in [0, 0.1) is 5.92 Å². The van der Waals surface area contributed by atoms with Gasteiger partial charge in [0.2, 0.25) is 11.8 Å². The van der Waals surface area contributed by atoms with Crippen LogP contribution in [0.4, 0.5) is 0 Å². The third-order valence-electron chi connectivity index (χ3n) is 2.37. The summed E-state index contributed by atoms with van der Waals surface area (Å²) in [6.45, 7) is 6.80. The molecule has 0 bridgehead atoms. The highest BCUT2D eigenvalue weighted by Gasteiger charge is 2.03. The Morgan fingerprint density at radius 2 is 1.84 bits per heavy atom. The van der Waals surface area contributed by atoms with Crippen molar-refractivity contribution in [2.24, 2.45) is 5.92 Å². The minimum Gasteiger partial charge on any atom is -0.385 e. The molecule has 0 spiro atoms. The fourth-order valence-corrected chi connectivity index (χ4v) is 1.32. The maximum Gasteiger partial charge on any atom is 0.233 e. The van der Waals surface area contributed by atoms with Gasteiger partial charge in [0.1, 0.15) is 0 Å². The van der Waals surface area contributed by atoms with E-state index in [9.17, 15) is 9.59 Å². The van der Waals surface area contributed by atoms with Crippen LogP contribution in [0.3, 0.4) is 0 Å². The quantitative estimate of drug-likeness (QED) is 0.459. The summed E-state index contributed by atoms with van der Waals surface area (Å²) in [5, 5.41) is 8.53. The molecule has 0 unspecified atom stereocenters. The van der Waals surface area contributed by atoms with Gasteiger partial charge in [-0.2, -0.15) is 0 Å². The number of carbonyl (C=O) groups is 2. The van der Waals surface area contributed by atoms with Crippen molar-refractivity contribution in [1.29, 1.82) is 0 Å². The topological polar surface area (TPSA) is 79.5 Å². The molecule has 0 aromatic heterocycles. The number of amides is 2. The van der Waals surface area contributed by atoms with Crippen molar-refractivity contribution in [3.8, 4) is 0 Å². The van der Waals surface area contributed by atoms with E-state index in [2.05, 4.69) is 16.0 Å². The number of hydrogen-bond donors (Lipinski definition) is 3. The van der Waals surface area contributed by atoms with E-state index in [1.165, 1.54) is 0 Å². The summed E-state index contributed by atoms with van der Waals surface area (Å²) in [6, 6.07) is 0. The fraction of sp³-hybridized carbons (Fsp3) is 0.846. The summed E-state index contributed by atoms with van der Waals surface area (Å²) in [7, 11) is 1.63. The average molecular weight is 273 g/mol. The molecule has 0 aliphatic heterocycles. The SMILES string of the molecule is COCCCNC(=O)CNCCC(=O)NCC(C)C. The molecule has 112 valence electrons. The van der Waals surface area contributed by atoms with E-state index in [4.69, 9.17) is 4.74 Å². The van der Waals surface area contributed by atoms with Crippen molar-refractivity contribution < 1.29 is 14.3 Å². The number of hydrogen-bond acceptors (Lipinski definition) is 4. The van der Waals surface area contributed by atoms with Gasteiger partial charge in [-0.25, -0.2) is 0 Å². The lowest BCUT2D eigenvalue weighted by molar-refractivity contribution is -0.122. The monoisotopic (exact) mass is 273 g/mol. The van der Waals surface area contributed by atoms with Crippen LogP contribution in [0.5, 0.6) is 0 Å². The Bertz CT molecular complexity index is 258. The van der Waals surface area contributed by atoms with Gasteiger partial charge in [-0.15, -0.1) is 0 Å². The van der Waals surface area contributed by atoms with Gasteiger partial charge >= 0.3 is 0 Å². The summed E-state index contributed by atoms with van der Waals surface area (Å²) in [4.78, 5) is 22.7. The van der Waals surface area contributed by atoms with Crippen molar-refractivity contribution in [2.45, 2.75) is 26.7 Å². The molecule has 6 heteroatoms. The maximum atomic E-state index is 11.4. The highest BCUT2D eigenvalue weighted by atomic mass is 16.5. The number of rotatable bonds is 11. The van der Waals surface area contributed by atoms with Gasteiger partial charge in [-0.1, -0.05) is 13.8 Å². The summed E-state index contributed by atoms with van der Waals surface area (Å²) < 4.78 is 4.88.